The highest BCUT2D eigenvalue weighted by Gasteiger charge is 2.24. The molecule has 2 aromatic carbocycles. The summed E-state index contributed by atoms with van der Waals surface area (Å²) in [6.45, 7) is 1.04. The number of furan rings is 1. The van der Waals surface area contributed by atoms with Crippen molar-refractivity contribution in [2.24, 2.45) is 0 Å². The highest BCUT2D eigenvalue weighted by atomic mass is 16.5. The first-order chi connectivity index (χ1) is 13.7. The van der Waals surface area contributed by atoms with Crippen molar-refractivity contribution in [1.29, 1.82) is 0 Å². The number of benzene rings is 2. The lowest BCUT2D eigenvalue weighted by molar-refractivity contribution is -0.118. The summed E-state index contributed by atoms with van der Waals surface area (Å²) < 4.78 is 11.0. The number of amides is 2. The molecule has 28 heavy (non-hydrogen) atoms. The number of hydrogen-bond donors (Lipinski definition) is 1. The first-order valence-electron chi connectivity index (χ1n) is 9.12. The minimum Gasteiger partial charge on any atom is -0.491 e. The zero-order valence-corrected chi connectivity index (χ0v) is 15.3. The maximum atomic E-state index is 12.7. The van der Waals surface area contributed by atoms with Gasteiger partial charge in [-0.25, -0.2) is 0 Å². The van der Waals surface area contributed by atoms with Gasteiger partial charge < -0.3 is 19.4 Å². The van der Waals surface area contributed by atoms with E-state index in [0.29, 0.717) is 48.9 Å². The Hall–Kier alpha value is -3.54. The van der Waals surface area contributed by atoms with E-state index in [1.807, 2.05) is 30.3 Å². The molecule has 0 unspecified atom stereocenters. The second kappa shape index (κ2) is 8.00. The molecule has 0 saturated heterocycles. The number of carbonyl (C=O) groups excluding carboxylic acids is 2. The number of fused-ring (bicyclic) bond motifs is 1. The number of carbonyl (C=O) groups is 2. The standard InChI is InChI=1S/C22H20N2O4/c25-21-10-12-28-20-9-8-17(22(26)23-14-18-7-4-11-27-18)13-19(20)24(21)15-16-5-2-1-3-6-16/h1-9,11,13H,10,12,14-15H2,(H,23,26). The van der Waals surface area contributed by atoms with E-state index in [-0.39, 0.29) is 11.8 Å². The van der Waals surface area contributed by atoms with Crippen molar-refractivity contribution in [3.63, 3.8) is 0 Å². The molecule has 0 fully saturated rings. The molecule has 0 spiro atoms. The van der Waals surface area contributed by atoms with Crippen LogP contribution in [0.4, 0.5) is 5.69 Å². The van der Waals surface area contributed by atoms with Crippen molar-refractivity contribution in [1.82, 2.24) is 5.32 Å². The van der Waals surface area contributed by atoms with Gasteiger partial charge in [0.2, 0.25) is 5.91 Å². The molecule has 0 aliphatic carbocycles. The molecule has 0 saturated carbocycles. The Balaban J connectivity index is 1.59. The van der Waals surface area contributed by atoms with E-state index in [1.54, 1.807) is 41.5 Å². The van der Waals surface area contributed by atoms with Gasteiger partial charge in [0.1, 0.15) is 11.5 Å². The van der Waals surface area contributed by atoms with Gasteiger partial charge in [0.15, 0.2) is 0 Å². The molecule has 0 bridgehead atoms. The number of ether oxygens (including phenoxy) is 1. The van der Waals surface area contributed by atoms with Crippen molar-refractivity contribution in [3.8, 4) is 5.75 Å². The van der Waals surface area contributed by atoms with Crippen LogP contribution in [0.5, 0.6) is 5.75 Å². The van der Waals surface area contributed by atoms with Crippen LogP contribution in [0.25, 0.3) is 0 Å². The molecule has 1 aromatic heterocycles. The molecule has 3 aromatic rings. The summed E-state index contributed by atoms with van der Waals surface area (Å²) in [7, 11) is 0. The van der Waals surface area contributed by atoms with Crippen LogP contribution in [0.3, 0.4) is 0 Å². The SMILES string of the molecule is O=C(NCc1ccco1)c1ccc2c(c1)N(Cc1ccccc1)C(=O)CCO2. The summed E-state index contributed by atoms with van der Waals surface area (Å²) in [6, 6.07) is 18.5. The maximum Gasteiger partial charge on any atom is 0.251 e. The average Bonchev–Trinajstić information content (AvgIpc) is 3.19. The highest BCUT2D eigenvalue weighted by Crippen LogP contribution is 2.33. The van der Waals surface area contributed by atoms with Crippen molar-refractivity contribution in [3.05, 3.63) is 83.8 Å². The summed E-state index contributed by atoms with van der Waals surface area (Å²) >= 11 is 0. The third kappa shape index (κ3) is 3.91. The number of hydrogen-bond acceptors (Lipinski definition) is 4. The van der Waals surface area contributed by atoms with E-state index >= 15 is 0 Å². The molecular formula is C22H20N2O4. The minimum absolute atomic E-state index is 0.0317. The van der Waals surface area contributed by atoms with Gasteiger partial charge in [-0.1, -0.05) is 30.3 Å². The largest absolute Gasteiger partial charge is 0.491 e. The Morgan fingerprint density at radius 1 is 1.07 bits per heavy atom. The first-order valence-corrected chi connectivity index (χ1v) is 9.12. The summed E-state index contributed by atoms with van der Waals surface area (Å²) in [5, 5.41) is 2.82. The lowest BCUT2D eigenvalue weighted by atomic mass is 10.1. The maximum absolute atomic E-state index is 12.7. The van der Waals surface area contributed by atoms with E-state index in [9.17, 15) is 9.59 Å². The van der Waals surface area contributed by atoms with Crippen LogP contribution in [0.2, 0.25) is 0 Å². The average molecular weight is 376 g/mol. The van der Waals surface area contributed by atoms with Crippen molar-refractivity contribution in [2.75, 3.05) is 11.5 Å². The molecule has 2 amide bonds. The second-order valence-electron chi connectivity index (χ2n) is 6.51. The van der Waals surface area contributed by atoms with Gasteiger partial charge in [-0.2, -0.15) is 0 Å². The fourth-order valence-electron chi connectivity index (χ4n) is 3.13. The Labute approximate surface area is 162 Å². The third-order valence-electron chi connectivity index (χ3n) is 4.57. The van der Waals surface area contributed by atoms with Gasteiger partial charge in [-0.15, -0.1) is 0 Å². The first kappa shape index (κ1) is 17.9. The molecule has 1 aliphatic heterocycles. The zero-order chi connectivity index (χ0) is 19.3. The van der Waals surface area contributed by atoms with Crippen LogP contribution < -0.4 is 15.0 Å². The second-order valence-corrected chi connectivity index (χ2v) is 6.51. The Morgan fingerprint density at radius 2 is 1.93 bits per heavy atom. The van der Waals surface area contributed by atoms with Gasteiger partial charge in [-0.3, -0.25) is 9.59 Å². The lowest BCUT2D eigenvalue weighted by Crippen LogP contribution is -2.30. The summed E-state index contributed by atoms with van der Waals surface area (Å²) in [5.41, 5.74) is 2.08. The van der Waals surface area contributed by atoms with Gasteiger partial charge >= 0.3 is 0 Å². The smallest absolute Gasteiger partial charge is 0.251 e. The predicted molar refractivity (Wildman–Crippen MR) is 104 cm³/mol. The fourth-order valence-corrected chi connectivity index (χ4v) is 3.13. The summed E-state index contributed by atoms with van der Waals surface area (Å²) in [5.74, 6) is 1.00. The minimum atomic E-state index is -0.240. The highest BCUT2D eigenvalue weighted by molar-refractivity contribution is 5.99. The van der Waals surface area contributed by atoms with E-state index in [0.717, 1.165) is 5.56 Å². The Bertz CT molecular complexity index is 967. The van der Waals surface area contributed by atoms with E-state index in [4.69, 9.17) is 9.15 Å². The van der Waals surface area contributed by atoms with E-state index in [2.05, 4.69) is 5.32 Å². The molecule has 6 heteroatoms. The van der Waals surface area contributed by atoms with Gasteiger partial charge in [-0.05, 0) is 35.9 Å². The normalized spacial score (nSPS) is 13.4. The number of nitrogens with one attached hydrogen (secondary N) is 1. The number of anilines is 1. The van der Waals surface area contributed by atoms with Gasteiger partial charge in [0.25, 0.3) is 5.91 Å². The Morgan fingerprint density at radius 3 is 2.71 bits per heavy atom. The zero-order valence-electron chi connectivity index (χ0n) is 15.3. The molecule has 0 atom stereocenters. The summed E-state index contributed by atoms with van der Waals surface area (Å²) in [4.78, 5) is 26.9. The van der Waals surface area contributed by atoms with Crippen LogP contribution in [0.1, 0.15) is 28.1 Å². The fraction of sp³-hybridized carbons (Fsp3) is 0.182. The van der Waals surface area contributed by atoms with Crippen molar-refractivity contribution < 1.29 is 18.7 Å². The third-order valence-corrected chi connectivity index (χ3v) is 4.57. The molecule has 1 aliphatic rings. The monoisotopic (exact) mass is 376 g/mol. The predicted octanol–water partition coefficient (Wildman–Crippen LogP) is 3.53. The molecule has 142 valence electrons. The molecule has 6 nitrogen and oxygen atoms in total. The van der Waals surface area contributed by atoms with Gasteiger partial charge in [0, 0.05) is 5.56 Å². The Kier molecular flexibility index (Phi) is 5.10. The van der Waals surface area contributed by atoms with Crippen LogP contribution in [-0.4, -0.2) is 18.4 Å². The van der Waals surface area contributed by atoms with Gasteiger partial charge in [0.05, 0.1) is 38.1 Å². The molecule has 4 rings (SSSR count). The quantitative estimate of drug-likeness (QED) is 0.739. The molecule has 2 heterocycles. The number of nitrogens with zero attached hydrogens (tertiary/aromatic N) is 1. The van der Waals surface area contributed by atoms with E-state index in [1.165, 1.54) is 0 Å². The number of rotatable bonds is 5. The van der Waals surface area contributed by atoms with Crippen molar-refractivity contribution in [2.45, 2.75) is 19.5 Å². The van der Waals surface area contributed by atoms with Crippen LogP contribution in [0, 0.1) is 0 Å². The topological polar surface area (TPSA) is 71.8 Å². The molecular weight excluding hydrogens is 356 g/mol. The molecule has 1 N–H and O–H groups in total. The van der Waals surface area contributed by atoms with Crippen LogP contribution in [0.15, 0.2) is 71.3 Å². The lowest BCUT2D eigenvalue weighted by Gasteiger charge is -2.22. The van der Waals surface area contributed by atoms with Crippen LogP contribution in [-0.2, 0) is 17.9 Å². The summed E-state index contributed by atoms with van der Waals surface area (Å²) in [6.07, 6.45) is 1.86. The molecule has 0 radical (unpaired) electrons. The van der Waals surface area contributed by atoms with Crippen LogP contribution >= 0.6 is 0 Å². The van der Waals surface area contributed by atoms with Crippen molar-refractivity contribution >= 4 is 17.5 Å². The van der Waals surface area contributed by atoms with E-state index < -0.39 is 0 Å².